The zero-order chi connectivity index (χ0) is 10.0. The SMILES string of the molecule is O=C(O)CCN1CCC2(CC1)COC2. The first-order valence-electron chi connectivity index (χ1n) is 5.22. The topological polar surface area (TPSA) is 49.8 Å². The van der Waals surface area contributed by atoms with Crippen LogP contribution in [0.2, 0.25) is 0 Å². The van der Waals surface area contributed by atoms with Gasteiger partial charge >= 0.3 is 5.97 Å². The summed E-state index contributed by atoms with van der Waals surface area (Å²) < 4.78 is 5.24. The Hall–Kier alpha value is -0.610. The summed E-state index contributed by atoms with van der Waals surface area (Å²) in [5.41, 5.74) is 0.458. The van der Waals surface area contributed by atoms with Crippen LogP contribution >= 0.6 is 0 Å². The van der Waals surface area contributed by atoms with Gasteiger partial charge < -0.3 is 14.7 Å². The highest BCUT2D eigenvalue weighted by Gasteiger charge is 2.40. The highest BCUT2D eigenvalue weighted by Crippen LogP contribution is 2.38. The Morgan fingerprint density at radius 3 is 2.43 bits per heavy atom. The van der Waals surface area contributed by atoms with Crippen molar-refractivity contribution >= 4 is 5.97 Å². The minimum absolute atomic E-state index is 0.267. The van der Waals surface area contributed by atoms with E-state index in [1.54, 1.807) is 0 Å². The van der Waals surface area contributed by atoms with E-state index in [0.717, 1.165) is 26.3 Å². The second kappa shape index (κ2) is 3.87. The molecule has 0 atom stereocenters. The molecule has 2 saturated heterocycles. The maximum atomic E-state index is 10.4. The minimum atomic E-state index is -0.697. The summed E-state index contributed by atoms with van der Waals surface area (Å²) in [5, 5.41) is 8.56. The number of aliphatic carboxylic acids is 1. The zero-order valence-corrected chi connectivity index (χ0v) is 8.37. The van der Waals surface area contributed by atoms with E-state index >= 15 is 0 Å². The molecular weight excluding hydrogens is 182 g/mol. The molecule has 0 saturated carbocycles. The third-order valence-electron chi connectivity index (χ3n) is 3.38. The monoisotopic (exact) mass is 199 g/mol. The highest BCUT2D eigenvalue weighted by atomic mass is 16.5. The molecule has 1 spiro atoms. The lowest BCUT2D eigenvalue weighted by molar-refractivity contribution is -0.143. The van der Waals surface area contributed by atoms with Gasteiger partial charge in [0.2, 0.25) is 0 Å². The van der Waals surface area contributed by atoms with Crippen LogP contribution in [0.4, 0.5) is 0 Å². The molecule has 0 aliphatic carbocycles. The van der Waals surface area contributed by atoms with Crippen molar-refractivity contribution in [3.63, 3.8) is 0 Å². The number of ether oxygens (including phenoxy) is 1. The fourth-order valence-corrected chi connectivity index (χ4v) is 2.18. The molecule has 80 valence electrons. The summed E-state index contributed by atoms with van der Waals surface area (Å²) in [7, 11) is 0. The number of nitrogens with zero attached hydrogens (tertiary/aromatic N) is 1. The Balaban J connectivity index is 1.70. The summed E-state index contributed by atoms with van der Waals surface area (Å²) in [5.74, 6) is -0.697. The van der Waals surface area contributed by atoms with Crippen molar-refractivity contribution in [3.05, 3.63) is 0 Å². The first-order chi connectivity index (χ1) is 6.70. The van der Waals surface area contributed by atoms with Gasteiger partial charge in [-0.25, -0.2) is 0 Å². The Labute approximate surface area is 83.8 Å². The Morgan fingerprint density at radius 2 is 2.00 bits per heavy atom. The number of rotatable bonds is 3. The van der Waals surface area contributed by atoms with Gasteiger partial charge in [0.05, 0.1) is 19.6 Å². The predicted molar refractivity (Wildman–Crippen MR) is 51.2 cm³/mol. The summed E-state index contributed by atoms with van der Waals surface area (Å²) in [6, 6.07) is 0. The third-order valence-corrected chi connectivity index (χ3v) is 3.38. The molecular formula is C10H17NO3. The van der Waals surface area contributed by atoms with Crippen molar-refractivity contribution in [3.8, 4) is 0 Å². The van der Waals surface area contributed by atoms with Gasteiger partial charge in [0.15, 0.2) is 0 Å². The van der Waals surface area contributed by atoms with Crippen LogP contribution in [-0.2, 0) is 9.53 Å². The van der Waals surface area contributed by atoms with Crippen molar-refractivity contribution in [2.45, 2.75) is 19.3 Å². The molecule has 0 aromatic heterocycles. The largest absolute Gasteiger partial charge is 0.481 e. The molecule has 0 aromatic carbocycles. The molecule has 14 heavy (non-hydrogen) atoms. The Morgan fingerprint density at radius 1 is 1.36 bits per heavy atom. The molecule has 0 amide bonds. The number of carbonyl (C=O) groups is 1. The summed E-state index contributed by atoms with van der Waals surface area (Å²) >= 11 is 0. The maximum Gasteiger partial charge on any atom is 0.304 e. The molecule has 0 unspecified atom stereocenters. The average molecular weight is 199 g/mol. The van der Waals surface area contributed by atoms with Crippen LogP contribution in [0.1, 0.15) is 19.3 Å². The van der Waals surface area contributed by atoms with Crippen LogP contribution in [-0.4, -0.2) is 48.8 Å². The molecule has 0 radical (unpaired) electrons. The molecule has 2 heterocycles. The first-order valence-corrected chi connectivity index (χ1v) is 5.22. The van der Waals surface area contributed by atoms with E-state index in [1.165, 1.54) is 12.8 Å². The lowest BCUT2D eigenvalue weighted by atomic mass is 9.77. The van der Waals surface area contributed by atoms with E-state index in [2.05, 4.69) is 4.90 Å². The second-order valence-electron chi connectivity index (χ2n) is 4.48. The van der Waals surface area contributed by atoms with Gasteiger partial charge in [-0.15, -0.1) is 0 Å². The number of likely N-dealkylation sites (tertiary alicyclic amines) is 1. The van der Waals surface area contributed by atoms with Crippen LogP contribution in [0.25, 0.3) is 0 Å². The number of hydrogen-bond acceptors (Lipinski definition) is 3. The van der Waals surface area contributed by atoms with Crippen LogP contribution < -0.4 is 0 Å². The molecule has 2 aliphatic rings. The van der Waals surface area contributed by atoms with Gasteiger partial charge in [-0.05, 0) is 25.9 Å². The van der Waals surface area contributed by atoms with Crippen LogP contribution in [0.3, 0.4) is 0 Å². The second-order valence-corrected chi connectivity index (χ2v) is 4.48. The Kier molecular flexibility index (Phi) is 2.74. The fourth-order valence-electron chi connectivity index (χ4n) is 2.18. The summed E-state index contributed by atoms with van der Waals surface area (Å²) in [4.78, 5) is 12.6. The molecule has 4 heteroatoms. The van der Waals surface area contributed by atoms with Crippen molar-refractivity contribution in [1.29, 1.82) is 0 Å². The molecule has 2 aliphatic heterocycles. The van der Waals surface area contributed by atoms with E-state index < -0.39 is 5.97 Å². The van der Waals surface area contributed by atoms with Gasteiger partial charge in [-0.2, -0.15) is 0 Å². The quantitative estimate of drug-likeness (QED) is 0.722. The van der Waals surface area contributed by atoms with Crippen LogP contribution in [0.15, 0.2) is 0 Å². The van der Waals surface area contributed by atoms with Crippen molar-refractivity contribution < 1.29 is 14.6 Å². The maximum absolute atomic E-state index is 10.4. The van der Waals surface area contributed by atoms with E-state index in [1.807, 2.05) is 0 Å². The lowest BCUT2D eigenvalue weighted by Gasteiger charge is -2.47. The molecule has 2 rings (SSSR count). The van der Waals surface area contributed by atoms with Crippen molar-refractivity contribution in [2.75, 3.05) is 32.8 Å². The number of piperidine rings is 1. The smallest absolute Gasteiger partial charge is 0.304 e. The van der Waals surface area contributed by atoms with Crippen molar-refractivity contribution in [1.82, 2.24) is 4.90 Å². The van der Waals surface area contributed by atoms with Crippen LogP contribution in [0, 0.1) is 5.41 Å². The predicted octanol–water partition coefficient (Wildman–Crippen LogP) is 0.573. The number of carboxylic acid groups (broad SMARTS) is 1. The minimum Gasteiger partial charge on any atom is -0.481 e. The Bertz CT molecular complexity index is 215. The fraction of sp³-hybridized carbons (Fsp3) is 0.900. The van der Waals surface area contributed by atoms with E-state index in [-0.39, 0.29) is 6.42 Å². The van der Waals surface area contributed by atoms with Gasteiger partial charge in [0.25, 0.3) is 0 Å². The first kappa shape index (κ1) is 9.93. The van der Waals surface area contributed by atoms with Gasteiger partial charge in [0.1, 0.15) is 0 Å². The van der Waals surface area contributed by atoms with Gasteiger partial charge in [0, 0.05) is 12.0 Å². The van der Waals surface area contributed by atoms with E-state index in [0.29, 0.717) is 12.0 Å². The number of hydrogen-bond donors (Lipinski definition) is 1. The van der Waals surface area contributed by atoms with Crippen molar-refractivity contribution in [2.24, 2.45) is 5.41 Å². The molecule has 0 bridgehead atoms. The third kappa shape index (κ3) is 2.07. The molecule has 1 N–H and O–H groups in total. The zero-order valence-electron chi connectivity index (χ0n) is 8.37. The average Bonchev–Trinajstić information content (AvgIpc) is 2.13. The van der Waals surface area contributed by atoms with E-state index in [9.17, 15) is 4.79 Å². The lowest BCUT2D eigenvalue weighted by Crippen LogP contribution is -2.51. The summed E-state index contributed by atoms with van der Waals surface area (Å²) in [6.07, 6.45) is 2.61. The normalized spacial score (nSPS) is 26.0. The van der Waals surface area contributed by atoms with Gasteiger partial charge in [-0.3, -0.25) is 4.79 Å². The summed E-state index contributed by atoms with van der Waals surface area (Å²) in [6.45, 7) is 4.61. The number of carboxylic acids is 1. The van der Waals surface area contributed by atoms with E-state index in [4.69, 9.17) is 9.84 Å². The van der Waals surface area contributed by atoms with Gasteiger partial charge in [-0.1, -0.05) is 0 Å². The molecule has 0 aromatic rings. The van der Waals surface area contributed by atoms with Crippen LogP contribution in [0.5, 0.6) is 0 Å². The molecule has 4 nitrogen and oxygen atoms in total. The highest BCUT2D eigenvalue weighted by molar-refractivity contribution is 5.66. The standard InChI is InChI=1S/C10H17NO3/c12-9(13)1-4-11-5-2-10(3-6-11)7-14-8-10/h1-8H2,(H,12,13). The molecule has 2 fully saturated rings.